The molecule has 0 fully saturated rings. The zero-order valence-electron chi connectivity index (χ0n) is 9.44. The number of aromatic nitrogens is 2. The number of hydrogen-bond donors (Lipinski definition) is 1. The minimum atomic E-state index is -0.850. The van der Waals surface area contributed by atoms with Crippen LogP contribution in [0.4, 0.5) is 5.82 Å². The second-order valence-corrected chi connectivity index (χ2v) is 6.71. The molecule has 0 aliphatic rings. The molecule has 0 bridgehead atoms. The average Bonchev–Trinajstić information content (AvgIpc) is 2.72. The third kappa shape index (κ3) is 2.94. The largest absolute Gasteiger partial charge is 0.368 e. The van der Waals surface area contributed by atoms with Gasteiger partial charge in [-0.15, -0.1) is 11.3 Å². The van der Waals surface area contributed by atoms with Crippen LogP contribution in [0.5, 0.6) is 0 Å². The SMILES string of the molecule is CC(CNc1nc(Cl)nc2sccc12)S(C)=O. The number of rotatable bonds is 4. The van der Waals surface area contributed by atoms with Crippen molar-refractivity contribution in [3.05, 3.63) is 16.7 Å². The lowest BCUT2D eigenvalue weighted by Crippen LogP contribution is -2.21. The van der Waals surface area contributed by atoms with Gasteiger partial charge in [-0.25, -0.2) is 9.97 Å². The molecule has 4 nitrogen and oxygen atoms in total. The lowest BCUT2D eigenvalue weighted by atomic mass is 10.3. The van der Waals surface area contributed by atoms with E-state index in [0.29, 0.717) is 12.4 Å². The minimum absolute atomic E-state index is 0.0671. The number of thiophene rings is 1. The van der Waals surface area contributed by atoms with Gasteiger partial charge in [0.1, 0.15) is 10.6 Å². The molecule has 7 heteroatoms. The average molecular weight is 290 g/mol. The van der Waals surface area contributed by atoms with E-state index in [4.69, 9.17) is 11.6 Å². The van der Waals surface area contributed by atoms with E-state index >= 15 is 0 Å². The van der Waals surface area contributed by atoms with Crippen molar-refractivity contribution in [2.75, 3.05) is 18.1 Å². The highest BCUT2D eigenvalue weighted by atomic mass is 35.5. The molecule has 2 unspecified atom stereocenters. The molecule has 0 aromatic carbocycles. The Hall–Kier alpha value is -0.720. The van der Waals surface area contributed by atoms with Gasteiger partial charge < -0.3 is 5.32 Å². The quantitative estimate of drug-likeness (QED) is 0.879. The van der Waals surface area contributed by atoms with E-state index in [0.717, 1.165) is 10.2 Å². The Morgan fingerprint density at radius 3 is 3.06 bits per heavy atom. The van der Waals surface area contributed by atoms with Crippen LogP contribution < -0.4 is 5.32 Å². The van der Waals surface area contributed by atoms with Crippen molar-refractivity contribution >= 4 is 49.8 Å². The van der Waals surface area contributed by atoms with Crippen LogP contribution in [-0.4, -0.2) is 32.2 Å². The van der Waals surface area contributed by atoms with Crippen LogP contribution in [0.15, 0.2) is 11.4 Å². The molecule has 2 aromatic rings. The number of halogens is 1. The first kappa shape index (κ1) is 12.7. The van der Waals surface area contributed by atoms with E-state index < -0.39 is 10.8 Å². The van der Waals surface area contributed by atoms with Gasteiger partial charge in [0.2, 0.25) is 5.28 Å². The van der Waals surface area contributed by atoms with E-state index in [1.807, 2.05) is 18.4 Å². The van der Waals surface area contributed by atoms with Gasteiger partial charge in [0.05, 0.1) is 5.39 Å². The van der Waals surface area contributed by atoms with Crippen LogP contribution in [0.2, 0.25) is 5.28 Å². The Morgan fingerprint density at radius 1 is 1.59 bits per heavy atom. The van der Waals surface area contributed by atoms with Crippen LogP contribution in [-0.2, 0) is 10.8 Å². The maximum Gasteiger partial charge on any atom is 0.225 e. The molecule has 2 atom stereocenters. The Morgan fingerprint density at radius 2 is 2.35 bits per heavy atom. The van der Waals surface area contributed by atoms with Gasteiger partial charge in [0.15, 0.2) is 0 Å². The monoisotopic (exact) mass is 289 g/mol. The Labute approximate surface area is 111 Å². The molecule has 0 saturated carbocycles. The topological polar surface area (TPSA) is 54.9 Å². The van der Waals surface area contributed by atoms with Gasteiger partial charge in [0, 0.05) is 28.9 Å². The molecule has 2 rings (SSSR count). The number of nitrogens with one attached hydrogen (secondary N) is 1. The fraction of sp³-hybridized carbons (Fsp3) is 0.400. The second-order valence-electron chi connectivity index (χ2n) is 3.67. The summed E-state index contributed by atoms with van der Waals surface area (Å²) in [7, 11) is -0.850. The predicted octanol–water partition coefficient (Wildman–Crippen LogP) is 2.52. The molecule has 92 valence electrons. The van der Waals surface area contributed by atoms with Crippen LogP contribution in [0.3, 0.4) is 0 Å². The van der Waals surface area contributed by atoms with E-state index in [1.54, 1.807) is 6.26 Å². The highest BCUT2D eigenvalue weighted by molar-refractivity contribution is 7.84. The number of hydrogen-bond acceptors (Lipinski definition) is 5. The van der Waals surface area contributed by atoms with Crippen LogP contribution in [0.1, 0.15) is 6.92 Å². The number of nitrogens with zero attached hydrogens (tertiary/aromatic N) is 2. The molecular weight excluding hydrogens is 278 g/mol. The van der Waals surface area contributed by atoms with Crippen molar-refractivity contribution in [1.82, 2.24) is 9.97 Å². The summed E-state index contributed by atoms with van der Waals surface area (Å²) >= 11 is 7.36. The standard InChI is InChI=1S/C10H12ClN3OS2/c1-6(17(2)15)5-12-8-7-3-4-16-9(7)14-10(11)13-8/h3-4,6H,5H2,1-2H3,(H,12,13,14). The van der Waals surface area contributed by atoms with Crippen molar-refractivity contribution in [2.24, 2.45) is 0 Å². The van der Waals surface area contributed by atoms with Crippen LogP contribution >= 0.6 is 22.9 Å². The summed E-state index contributed by atoms with van der Waals surface area (Å²) < 4.78 is 11.3. The summed E-state index contributed by atoms with van der Waals surface area (Å²) in [6.45, 7) is 2.53. The van der Waals surface area contributed by atoms with Crippen molar-refractivity contribution in [3.63, 3.8) is 0 Å². The smallest absolute Gasteiger partial charge is 0.225 e. The molecular formula is C10H12ClN3OS2. The first-order chi connectivity index (χ1) is 8.08. The molecule has 1 N–H and O–H groups in total. The maximum atomic E-state index is 11.3. The Kier molecular flexibility index (Phi) is 3.96. The summed E-state index contributed by atoms with van der Waals surface area (Å²) in [6, 6.07) is 1.95. The summed E-state index contributed by atoms with van der Waals surface area (Å²) in [4.78, 5) is 9.15. The first-order valence-electron chi connectivity index (χ1n) is 5.05. The zero-order valence-corrected chi connectivity index (χ0v) is 11.8. The predicted molar refractivity (Wildman–Crippen MR) is 74.4 cm³/mol. The van der Waals surface area contributed by atoms with E-state index in [9.17, 15) is 4.21 Å². The van der Waals surface area contributed by atoms with Crippen molar-refractivity contribution in [2.45, 2.75) is 12.2 Å². The molecule has 17 heavy (non-hydrogen) atoms. The van der Waals surface area contributed by atoms with Crippen molar-refractivity contribution in [1.29, 1.82) is 0 Å². The van der Waals surface area contributed by atoms with Crippen molar-refractivity contribution < 1.29 is 4.21 Å². The normalized spacial score (nSPS) is 14.8. The Balaban J connectivity index is 2.23. The van der Waals surface area contributed by atoms with Gasteiger partial charge in [-0.2, -0.15) is 0 Å². The van der Waals surface area contributed by atoms with Crippen LogP contribution in [0, 0.1) is 0 Å². The van der Waals surface area contributed by atoms with Gasteiger partial charge in [-0.1, -0.05) is 0 Å². The molecule has 0 saturated heterocycles. The second kappa shape index (κ2) is 5.29. The summed E-state index contributed by atoms with van der Waals surface area (Å²) in [5, 5.41) is 6.37. The first-order valence-corrected chi connectivity index (χ1v) is 7.92. The fourth-order valence-corrected chi connectivity index (χ4v) is 2.62. The van der Waals surface area contributed by atoms with Gasteiger partial charge >= 0.3 is 0 Å². The zero-order chi connectivity index (χ0) is 12.4. The highest BCUT2D eigenvalue weighted by Gasteiger charge is 2.10. The third-order valence-electron chi connectivity index (χ3n) is 2.42. The van der Waals surface area contributed by atoms with Crippen LogP contribution in [0.25, 0.3) is 10.2 Å². The lowest BCUT2D eigenvalue weighted by Gasteiger charge is -2.11. The number of fused-ring (bicyclic) bond motifs is 1. The molecule has 2 aromatic heterocycles. The lowest BCUT2D eigenvalue weighted by molar-refractivity contribution is 0.679. The molecule has 2 heterocycles. The molecule has 0 radical (unpaired) electrons. The molecule has 0 spiro atoms. The Bertz CT molecular complexity index is 557. The molecule has 0 aliphatic carbocycles. The summed E-state index contributed by atoms with van der Waals surface area (Å²) in [6.07, 6.45) is 1.69. The molecule has 0 amide bonds. The van der Waals surface area contributed by atoms with Gasteiger partial charge in [-0.05, 0) is 30.0 Å². The molecule has 0 aliphatic heterocycles. The van der Waals surface area contributed by atoms with E-state index in [2.05, 4.69) is 15.3 Å². The third-order valence-corrected chi connectivity index (χ3v) is 4.70. The summed E-state index contributed by atoms with van der Waals surface area (Å²) in [5.41, 5.74) is 0. The minimum Gasteiger partial charge on any atom is -0.368 e. The number of anilines is 1. The van der Waals surface area contributed by atoms with Crippen molar-refractivity contribution in [3.8, 4) is 0 Å². The maximum absolute atomic E-state index is 11.3. The highest BCUT2D eigenvalue weighted by Crippen LogP contribution is 2.26. The fourth-order valence-electron chi connectivity index (χ4n) is 1.32. The van der Waals surface area contributed by atoms with Gasteiger partial charge in [-0.3, -0.25) is 4.21 Å². The van der Waals surface area contributed by atoms with E-state index in [1.165, 1.54) is 11.3 Å². The van der Waals surface area contributed by atoms with Gasteiger partial charge in [0.25, 0.3) is 0 Å². The summed E-state index contributed by atoms with van der Waals surface area (Å²) in [5.74, 6) is 0.707. The van der Waals surface area contributed by atoms with E-state index in [-0.39, 0.29) is 10.5 Å².